The van der Waals surface area contributed by atoms with Crippen LogP contribution in [0.1, 0.15) is 38.8 Å². The molecule has 3 aromatic carbocycles. The van der Waals surface area contributed by atoms with E-state index >= 15 is 0 Å². The van der Waals surface area contributed by atoms with E-state index in [1.165, 1.54) is 28.8 Å². The highest BCUT2D eigenvalue weighted by molar-refractivity contribution is 7.98. The number of hydrogen-bond donors (Lipinski definition) is 1. The standard InChI is InChI=1S/C31H39N3O5S2/c1-7-39-27-14-12-26(13-15-27)34(41(37,38)29-18-16-28(40-6)17-19-29)21-30(35)33(24(5)31(36)32-22(2)3)20-25-10-8-23(4)9-11-25/h8-19,22,24H,7,20-21H2,1-6H3,(H,32,36). The molecule has 2 amide bonds. The van der Waals surface area contributed by atoms with Crippen molar-refractivity contribution in [2.24, 2.45) is 0 Å². The summed E-state index contributed by atoms with van der Waals surface area (Å²) in [6, 6.07) is 19.8. The molecular weight excluding hydrogens is 558 g/mol. The molecule has 0 aromatic heterocycles. The lowest BCUT2D eigenvalue weighted by Gasteiger charge is -2.32. The van der Waals surface area contributed by atoms with Crippen molar-refractivity contribution in [3.05, 3.63) is 83.9 Å². The fourth-order valence-electron chi connectivity index (χ4n) is 4.16. The Morgan fingerprint density at radius 2 is 1.54 bits per heavy atom. The Hall–Kier alpha value is -3.50. The van der Waals surface area contributed by atoms with Crippen LogP contribution in [-0.2, 0) is 26.2 Å². The van der Waals surface area contributed by atoms with Gasteiger partial charge in [0.15, 0.2) is 0 Å². The predicted octanol–water partition coefficient (Wildman–Crippen LogP) is 5.25. The first-order chi connectivity index (χ1) is 19.5. The van der Waals surface area contributed by atoms with E-state index < -0.39 is 28.5 Å². The molecule has 1 atom stereocenters. The van der Waals surface area contributed by atoms with Crippen LogP contribution >= 0.6 is 11.8 Å². The molecule has 0 saturated carbocycles. The minimum Gasteiger partial charge on any atom is -0.494 e. The van der Waals surface area contributed by atoms with E-state index in [9.17, 15) is 18.0 Å². The first-order valence-corrected chi connectivity index (χ1v) is 16.2. The van der Waals surface area contributed by atoms with Gasteiger partial charge in [-0.3, -0.25) is 13.9 Å². The number of thioether (sulfide) groups is 1. The monoisotopic (exact) mass is 597 g/mol. The number of aryl methyl sites for hydroxylation is 1. The van der Waals surface area contributed by atoms with Crippen LogP contribution < -0.4 is 14.4 Å². The zero-order valence-electron chi connectivity index (χ0n) is 24.5. The zero-order chi connectivity index (χ0) is 30.2. The van der Waals surface area contributed by atoms with E-state index in [-0.39, 0.29) is 23.4 Å². The molecule has 3 rings (SSSR count). The Bertz CT molecular complexity index is 1410. The van der Waals surface area contributed by atoms with Gasteiger partial charge in [-0.2, -0.15) is 0 Å². The van der Waals surface area contributed by atoms with Crippen LogP contribution in [0.4, 0.5) is 5.69 Å². The molecule has 0 spiro atoms. The van der Waals surface area contributed by atoms with Crippen LogP contribution in [-0.4, -0.2) is 56.6 Å². The largest absolute Gasteiger partial charge is 0.494 e. The fraction of sp³-hybridized carbons (Fsp3) is 0.355. The number of rotatable bonds is 13. The summed E-state index contributed by atoms with van der Waals surface area (Å²) in [4.78, 5) is 29.4. The molecule has 10 heteroatoms. The van der Waals surface area contributed by atoms with Crippen LogP contribution in [0.15, 0.2) is 82.6 Å². The first-order valence-electron chi connectivity index (χ1n) is 13.5. The number of carbonyl (C=O) groups excluding carboxylic acids is 2. The molecule has 0 aliphatic carbocycles. The van der Waals surface area contributed by atoms with E-state index in [2.05, 4.69) is 5.32 Å². The fourth-order valence-corrected chi connectivity index (χ4v) is 5.98. The minimum absolute atomic E-state index is 0.0627. The molecule has 0 aliphatic rings. The number of sulfonamides is 1. The summed E-state index contributed by atoms with van der Waals surface area (Å²) in [7, 11) is -4.14. The Balaban J connectivity index is 2.03. The van der Waals surface area contributed by atoms with E-state index in [0.717, 1.165) is 20.3 Å². The van der Waals surface area contributed by atoms with Crippen molar-refractivity contribution in [3.63, 3.8) is 0 Å². The minimum atomic E-state index is -4.14. The molecule has 0 heterocycles. The lowest BCUT2D eigenvalue weighted by Crippen LogP contribution is -2.52. The number of nitrogens with zero attached hydrogens (tertiary/aromatic N) is 2. The quantitative estimate of drug-likeness (QED) is 0.270. The van der Waals surface area contributed by atoms with Gasteiger partial charge in [-0.1, -0.05) is 29.8 Å². The lowest BCUT2D eigenvalue weighted by molar-refractivity contribution is -0.139. The number of anilines is 1. The molecule has 0 fully saturated rings. The first kappa shape index (κ1) is 32.0. The third-order valence-corrected chi connectivity index (χ3v) is 8.97. The smallest absolute Gasteiger partial charge is 0.264 e. The molecule has 220 valence electrons. The van der Waals surface area contributed by atoms with E-state index in [0.29, 0.717) is 18.0 Å². The van der Waals surface area contributed by atoms with Gasteiger partial charge in [-0.05, 0) is 95.0 Å². The molecular formula is C31H39N3O5S2. The summed E-state index contributed by atoms with van der Waals surface area (Å²) in [5.74, 6) is -0.233. The molecule has 0 saturated heterocycles. The average Bonchev–Trinajstić information content (AvgIpc) is 2.95. The maximum atomic E-state index is 14.0. The van der Waals surface area contributed by atoms with Crippen molar-refractivity contribution in [2.75, 3.05) is 23.7 Å². The van der Waals surface area contributed by atoms with Gasteiger partial charge in [0.05, 0.1) is 17.2 Å². The van der Waals surface area contributed by atoms with Gasteiger partial charge in [0, 0.05) is 17.5 Å². The van der Waals surface area contributed by atoms with Gasteiger partial charge in [0.25, 0.3) is 10.0 Å². The molecule has 8 nitrogen and oxygen atoms in total. The summed E-state index contributed by atoms with van der Waals surface area (Å²) in [6.07, 6.45) is 1.91. The van der Waals surface area contributed by atoms with Crippen molar-refractivity contribution in [2.45, 2.75) is 63.0 Å². The van der Waals surface area contributed by atoms with Gasteiger partial charge in [-0.15, -0.1) is 11.8 Å². The summed E-state index contributed by atoms with van der Waals surface area (Å²) in [5, 5.41) is 2.86. The molecule has 41 heavy (non-hydrogen) atoms. The third kappa shape index (κ3) is 8.50. The topological polar surface area (TPSA) is 96.0 Å². The van der Waals surface area contributed by atoms with E-state index in [1.807, 2.05) is 58.2 Å². The van der Waals surface area contributed by atoms with E-state index in [1.54, 1.807) is 43.3 Å². The molecule has 0 radical (unpaired) electrons. The number of benzene rings is 3. The number of ether oxygens (including phenoxy) is 1. The van der Waals surface area contributed by atoms with Gasteiger partial charge in [0.1, 0.15) is 18.3 Å². The molecule has 0 bridgehead atoms. The van der Waals surface area contributed by atoms with Crippen molar-refractivity contribution in [1.82, 2.24) is 10.2 Å². The Kier molecular flexibility index (Phi) is 11.3. The SMILES string of the molecule is CCOc1ccc(N(CC(=O)N(Cc2ccc(C)cc2)C(C)C(=O)NC(C)C)S(=O)(=O)c2ccc(SC)cc2)cc1. The summed E-state index contributed by atoms with van der Waals surface area (Å²) < 4.78 is 34.6. The highest BCUT2D eigenvalue weighted by Crippen LogP contribution is 2.28. The van der Waals surface area contributed by atoms with Gasteiger partial charge >= 0.3 is 0 Å². The zero-order valence-corrected chi connectivity index (χ0v) is 26.1. The van der Waals surface area contributed by atoms with Crippen molar-refractivity contribution in [3.8, 4) is 5.75 Å². The predicted molar refractivity (Wildman–Crippen MR) is 165 cm³/mol. The van der Waals surface area contributed by atoms with Crippen LogP contribution in [0.5, 0.6) is 5.75 Å². The highest BCUT2D eigenvalue weighted by atomic mass is 32.2. The summed E-state index contributed by atoms with van der Waals surface area (Å²) in [6.45, 7) is 9.29. The second kappa shape index (κ2) is 14.4. The molecule has 1 unspecified atom stereocenters. The van der Waals surface area contributed by atoms with Crippen LogP contribution in [0.25, 0.3) is 0 Å². The second-order valence-electron chi connectivity index (χ2n) is 9.96. The third-order valence-electron chi connectivity index (χ3n) is 6.43. The maximum Gasteiger partial charge on any atom is 0.264 e. The number of amides is 2. The lowest BCUT2D eigenvalue weighted by atomic mass is 10.1. The summed E-state index contributed by atoms with van der Waals surface area (Å²) >= 11 is 1.50. The Morgan fingerprint density at radius 1 is 0.927 bits per heavy atom. The van der Waals surface area contributed by atoms with Crippen LogP contribution in [0, 0.1) is 6.92 Å². The van der Waals surface area contributed by atoms with Gasteiger partial charge in [0.2, 0.25) is 11.8 Å². The van der Waals surface area contributed by atoms with Crippen molar-refractivity contribution < 1.29 is 22.7 Å². The number of nitrogens with one attached hydrogen (secondary N) is 1. The maximum absolute atomic E-state index is 14.0. The summed E-state index contributed by atoms with van der Waals surface area (Å²) in [5.41, 5.74) is 2.21. The Labute approximate surface area is 248 Å². The van der Waals surface area contributed by atoms with E-state index in [4.69, 9.17) is 4.74 Å². The molecule has 0 aliphatic heterocycles. The van der Waals surface area contributed by atoms with Gasteiger partial charge in [-0.25, -0.2) is 8.42 Å². The van der Waals surface area contributed by atoms with Crippen LogP contribution in [0.3, 0.4) is 0 Å². The van der Waals surface area contributed by atoms with Crippen molar-refractivity contribution in [1.29, 1.82) is 0 Å². The van der Waals surface area contributed by atoms with Crippen molar-refractivity contribution >= 4 is 39.3 Å². The van der Waals surface area contributed by atoms with Crippen LogP contribution in [0.2, 0.25) is 0 Å². The Morgan fingerprint density at radius 3 is 2.07 bits per heavy atom. The number of hydrogen-bond acceptors (Lipinski definition) is 6. The second-order valence-corrected chi connectivity index (χ2v) is 12.7. The molecule has 3 aromatic rings. The van der Waals surface area contributed by atoms with Gasteiger partial charge < -0.3 is 15.0 Å². The molecule has 1 N–H and O–H groups in total. The highest BCUT2D eigenvalue weighted by Gasteiger charge is 2.32. The number of carbonyl (C=O) groups is 2. The average molecular weight is 598 g/mol. The normalized spacial score (nSPS) is 12.1.